The molecule has 0 atom stereocenters. The summed E-state index contributed by atoms with van der Waals surface area (Å²) < 4.78 is 24.3. The van der Waals surface area contributed by atoms with E-state index in [1.807, 2.05) is 0 Å². The summed E-state index contributed by atoms with van der Waals surface area (Å²) in [6, 6.07) is 9.85. The van der Waals surface area contributed by atoms with E-state index in [4.69, 9.17) is 11.6 Å². The number of hydrogen-bond acceptors (Lipinski definition) is 6. The summed E-state index contributed by atoms with van der Waals surface area (Å²) in [5, 5.41) is 0.550. The van der Waals surface area contributed by atoms with Crippen LogP contribution in [0.5, 0.6) is 0 Å². The smallest absolute Gasteiger partial charge is 0.339 e. The number of ether oxygens (including phenoxy) is 1. The van der Waals surface area contributed by atoms with Gasteiger partial charge in [0, 0.05) is 30.0 Å². The van der Waals surface area contributed by atoms with Gasteiger partial charge < -0.3 is 9.64 Å². The minimum Gasteiger partial charge on any atom is -0.465 e. The average Bonchev–Trinajstić information content (AvgIpc) is 2.72. The Morgan fingerprint density at radius 3 is 2.38 bits per heavy atom. The van der Waals surface area contributed by atoms with E-state index < -0.39 is 16.6 Å². The van der Waals surface area contributed by atoms with Crippen LogP contribution in [0, 0.1) is 0 Å². The van der Waals surface area contributed by atoms with Gasteiger partial charge in [0.2, 0.25) is 0 Å². The van der Waals surface area contributed by atoms with Crippen LogP contribution in [0.3, 0.4) is 0 Å². The van der Waals surface area contributed by atoms with Crippen molar-refractivity contribution >= 4 is 39.9 Å². The largest absolute Gasteiger partial charge is 0.465 e. The maximum atomic E-state index is 13.2. The first-order valence-electron chi connectivity index (χ1n) is 8.88. The van der Waals surface area contributed by atoms with E-state index >= 15 is 0 Å². The molecule has 0 radical (unpaired) electrons. The Morgan fingerprint density at radius 2 is 1.83 bits per heavy atom. The van der Waals surface area contributed by atoms with Crippen LogP contribution in [-0.2, 0) is 11.3 Å². The molecule has 2 amide bonds. The molecule has 0 bridgehead atoms. The predicted molar refractivity (Wildman–Crippen MR) is 113 cm³/mol. The van der Waals surface area contributed by atoms with Gasteiger partial charge in [-0.3, -0.25) is 19.0 Å². The maximum Gasteiger partial charge on any atom is 0.339 e. The van der Waals surface area contributed by atoms with Crippen molar-refractivity contribution in [3.63, 3.8) is 0 Å². The highest BCUT2D eigenvalue weighted by atomic mass is 35.5. The van der Waals surface area contributed by atoms with Crippen molar-refractivity contribution in [2.45, 2.75) is 6.54 Å². The van der Waals surface area contributed by atoms with Crippen LogP contribution in [-0.4, -0.2) is 62.7 Å². The third-order valence-electron chi connectivity index (χ3n) is 4.58. The number of hydrogen-bond donors (Lipinski definition) is 2. The first kappa shape index (κ1) is 21.4. The van der Waals surface area contributed by atoms with Crippen LogP contribution in [0.25, 0.3) is 0 Å². The Bertz CT molecular complexity index is 866. The lowest BCUT2D eigenvalue weighted by Gasteiger charge is -2.42. The fourth-order valence-electron chi connectivity index (χ4n) is 2.90. The van der Waals surface area contributed by atoms with Gasteiger partial charge in [0.25, 0.3) is 0 Å². The summed E-state index contributed by atoms with van der Waals surface area (Å²) in [4.78, 5) is 32.2. The zero-order valence-electron chi connectivity index (χ0n) is 15.8. The SMILES string of the molecule is COC(=O)c1ccc(CN(C(=O)N2CCS(O)(O)CC2)c2ccc(Cl)cc2)nc1. The molecular formula is C19H22ClN3O5S. The van der Waals surface area contributed by atoms with Crippen molar-refractivity contribution in [1.82, 2.24) is 9.88 Å². The fraction of sp³-hybridized carbons (Fsp3) is 0.316. The van der Waals surface area contributed by atoms with Crippen LogP contribution in [0.15, 0.2) is 42.6 Å². The van der Waals surface area contributed by atoms with Gasteiger partial charge in [0.15, 0.2) is 0 Å². The summed E-state index contributed by atoms with van der Waals surface area (Å²) in [5.74, 6) is -0.152. The van der Waals surface area contributed by atoms with Gasteiger partial charge in [-0.2, -0.15) is 10.6 Å². The summed E-state index contributed by atoms with van der Waals surface area (Å²) in [6.07, 6.45) is 1.40. The highest BCUT2D eigenvalue weighted by molar-refractivity contribution is 8.24. The molecular weight excluding hydrogens is 418 g/mol. The summed E-state index contributed by atoms with van der Waals surface area (Å²) >= 11 is 5.97. The molecule has 0 aliphatic carbocycles. The molecule has 156 valence electrons. The molecule has 2 aromatic rings. The van der Waals surface area contributed by atoms with Crippen molar-refractivity contribution < 1.29 is 23.4 Å². The molecule has 0 unspecified atom stereocenters. The number of rotatable bonds is 4. The van der Waals surface area contributed by atoms with E-state index in [1.54, 1.807) is 46.2 Å². The topological polar surface area (TPSA) is 103 Å². The monoisotopic (exact) mass is 439 g/mol. The number of esters is 1. The number of amides is 2. The Morgan fingerprint density at radius 1 is 1.17 bits per heavy atom. The number of urea groups is 1. The number of methoxy groups -OCH3 is 1. The Kier molecular flexibility index (Phi) is 6.63. The third-order valence-corrected chi connectivity index (χ3v) is 6.51. The van der Waals surface area contributed by atoms with Crippen LogP contribution in [0.4, 0.5) is 10.5 Å². The molecule has 1 saturated heterocycles. The molecule has 2 heterocycles. The van der Waals surface area contributed by atoms with E-state index in [-0.39, 0.29) is 37.2 Å². The van der Waals surface area contributed by atoms with Gasteiger partial charge in [0.1, 0.15) is 0 Å². The molecule has 29 heavy (non-hydrogen) atoms. The van der Waals surface area contributed by atoms with Gasteiger partial charge >= 0.3 is 12.0 Å². The molecule has 0 saturated carbocycles. The van der Waals surface area contributed by atoms with E-state index in [9.17, 15) is 18.7 Å². The minimum absolute atomic E-state index is 0.166. The predicted octanol–water partition coefficient (Wildman–Crippen LogP) is 3.71. The molecule has 1 aromatic heterocycles. The highest BCUT2D eigenvalue weighted by Crippen LogP contribution is 2.40. The zero-order valence-corrected chi connectivity index (χ0v) is 17.4. The Balaban J connectivity index is 1.82. The van der Waals surface area contributed by atoms with E-state index in [2.05, 4.69) is 9.72 Å². The minimum atomic E-state index is -2.61. The summed E-state index contributed by atoms with van der Waals surface area (Å²) in [5.41, 5.74) is 1.54. The lowest BCUT2D eigenvalue weighted by molar-refractivity contribution is 0.0600. The number of benzene rings is 1. The molecule has 1 aliphatic heterocycles. The Labute approximate surface area is 175 Å². The maximum absolute atomic E-state index is 13.2. The second-order valence-corrected chi connectivity index (χ2v) is 9.43. The molecule has 2 N–H and O–H groups in total. The number of nitrogens with zero attached hydrogens (tertiary/aromatic N) is 3. The number of pyridine rings is 1. The van der Waals surface area contributed by atoms with Crippen molar-refractivity contribution in [2.75, 3.05) is 36.6 Å². The van der Waals surface area contributed by atoms with Crippen LogP contribution in [0.2, 0.25) is 5.02 Å². The first-order valence-corrected chi connectivity index (χ1v) is 11.1. The van der Waals surface area contributed by atoms with E-state index in [1.165, 1.54) is 13.3 Å². The molecule has 1 aliphatic rings. The molecule has 1 fully saturated rings. The van der Waals surface area contributed by atoms with Crippen molar-refractivity contribution in [1.29, 1.82) is 0 Å². The first-order chi connectivity index (χ1) is 13.8. The van der Waals surface area contributed by atoms with Crippen LogP contribution < -0.4 is 4.90 Å². The second kappa shape index (κ2) is 9.00. The third kappa shape index (κ3) is 5.39. The molecule has 8 nitrogen and oxygen atoms in total. The van der Waals surface area contributed by atoms with Gasteiger partial charge in [0.05, 0.1) is 36.4 Å². The highest BCUT2D eigenvalue weighted by Gasteiger charge is 2.29. The number of carbonyl (C=O) groups excluding carboxylic acids is 2. The molecule has 10 heteroatoms. The zero-order chi connectivity index (χ0) is 21.0. The molecule has 1 aromatic carbocycles. The van der Waals surface area contributed by atoms with Crippen molar-refractivity contribution in [2.24, 2.45) is 0 Å². The lowest BCUT2D eigenvalue weighted by atomic mass is 10.2. The van der Waals surface area contributed by atoms with Gasteiger partial charge in [-0.05, 0) is 36.4 Å². The fourth-order valence-corrected chi connectivity index (χ4v) is 4.25. The van der Waals surface area contributed by atoms with Crippen LogP contribution in [0.1, 0.15) is 16.1 Å². The Hall–Kier alpha value is -2.33. The second-order valence-electron chi connectivity index (χ2n) is 6.57. The van der Waals surface area contributed by atoms with E-state index in [0.717, 1.165) is 0 Å². The van der Waals surface area contributed by atoms with E-state index in [0.29, 0.717) is 22.0 Å². The number of aromatic nitrogens is 1. The quantitative estimate of drug-likeness (QED) is 0.704. The van der Waals surface area contributed by atoms with Crippen LogP contribution >= 0.6 is 22.2 Å². The average molecular weight is 440 g/mol. The van der Waals surface area contributed by atoms with Gasteiger partial charge in [-0.25, -0.2) is 9.59 Å². The molecule has 0 spiro atoms. The molecule has 3 rings (SSSR count). The number of carbonyl (C=O) groups is 2. The van der Waals surface area contributed by atoms with Crippen molar-refractivity contribution in [3.05, 3.63) is 58.9 Å². The number of anilines is 1. The normalized spacial score (nSPS) is 16.8. The number of halogens is 1. The standard InChI is InChI=1S/C19H22ClN3O5S/c1-28-18(24)14-2-5-16(21-12-14)13-23(17-6-3-15(20)4-7-17)19(25)22-8-10-29(26,27)11-9-22/h2-7,12,26-27H,8-11,13H2,1H3. The summed E-state index contributed by atoms with van der Waals surface area (Å²) in [7, 11) is -1.31. The van der Waals surface area contributed by atoms with Gasteiger partial charge in [-0.15, -0.1) is 0 Å². The summed E-state index contributed by atoms with van der Waals surface area (Å²) in [6.45, 7) is 0.703. The van der Waals surface area contributed by atoms with Crippen molar-refractivity contribution in [3.8, 4) is 0 Å². The lowest BCUT2D eigenvalue weighted by Crippen LogP contribution is -2.48. The van der Waals surface area contributed by atoms with Gasteiger partial charge in [-0.1, -0.05) is 11.6 Å².